The summed E-state index contributed by atoms with van der Waals surface area (Å²) in [4.78, 5) is 0. The highest BCUT2D eigenvalue weighted by Gasteiger charge is 2.30. The van der Waals surface area contributed by atoms with Crippen molar-refractivity contribution in [2.75, 3.05) is 0 Å². The van der Waals surface area contributed by atoms with Gasteiger partial charge in [-0.05, 0) is 37.3 Å². The van der Waals surface area contributed by atoms with Crippen LogP contribution >= 0.6 is 0 Å². The fourth-order valence-corrected chi connectivity index (χ4v) is 3.31. The molecular weight excluding hydrogens is 338 g/mol. The molecule has 0 saturated heterocycles. The van der Waals surface area contributed by atoms with Gasteiger partial charge in [0.2, 0.25) is 0 Å². The zero-order valence-electron chi connectivity index (χ0n) is 15.9. The van der Waals surface area contributed by atoms with Crippen LogP contribution in [-0.2, 0) is 6.42 Å². The molecule has 3 nitrogen and oxygen atoms in total. The van der Waals surface area contributed by atoms with Gasteiger partial charge in [-0.1, -0.05) is 64.4 Å². The van der Waals surface area contributed by atoms with Gasteiger partial charge in [0.15, 0.2) is 0 Å². The Morgan fingerprint density at radius 3 is 2.00 bits per heavy atom. The molecule has 1 atom stereocenters. The monoisotopic (exact) mass is 372 g/mol. The molecule has 3 N–H and O–H groups in total. The number of aryl methyl sites for hydroxylation is 1. The quantitative estimate of drug-likeness (QED) is 0.316. The van der Waals surface area contributed by atoms with Crippen LogP contribution in [0.5, 0.6) is 0 Å². The molecule has 0 fully saturated rings. The molecule has 26 heavy (non-hydrogen) atoms. The van der Waals surface area contributed by atoms with E-state index in [0.29, 0.717) is 24.8 Å². The van der Waals surface area contributed by atoms with Crippen LogP contribution in [0.4, 0.5) is 8.78 Å². The molecule has 1 unspecified atom stereocenters. The summed E-state index contributed by atoms with van der Waals surface area (Å²) < 4.78 is 26.4. The summed E-state index contributed by atoms with van der Waals surface area (Å²) in [7, 11) is 0. The van der Waals surface area contributed by atoms with Gasteiger partial charge in [-0.15, -0.1) is 0 Å². The average Bonchev–Trinajstić information content (AvgIpc) is 2.56. The Kier molecular flexibility index (Phi) is 10.9. The maximum atomic E-state index is 13.6. The van der Waals surface area contributed by atoms with Gasteiger partial charge in [0.05, 0.1) is 0 Å². The Hall–Kier alpha value is -1.04. The van der Waals surface area contributed by atoms with E-state index in [1.807, 2.05) is 0 Å². The maximum Gasteiger partial charge on any atom is 0.278 e. The van der Waals surface area contributed by atoms with Crippen LogP contribution in [-0.4, -0.2) is 21.3 Å². The number of halogens is 2. The van der Waals surface area contributed by atoms with Gasteiger partial charge in [-0.2, -0.15) is 0 Å². The van der Waals surface area contributed by atoms with Crippen molar-refractivity contribution in [3.8, 4) is 0 Å². The Labute approximate surface area is 156 Å². The standard InChI is InChI=1S/C21H34F2O3/c1-2-3-4-5-6-9-12-18(21(24,25)26)13-10-7-8-11-17-14-15-19(22)16-20(17)23/h14-16,18,24-26H,2-13H2,1H3. The highest BCUT2D eigenvalue weighted by Crippen LogP contribution is 2.26. The van der Waals surface area contributed by atoms with E-state index in [2.05, 4.69) is 6.92 Å². The lowest BCUT2D eigenvalue weighted by Gasteiger charge is -2.26. The summed E-state index contributed by atoms with van der Waals surface area (Å²) in [6.07, 6.45) is 10.6. The van der Waals surface area contributed by atoms with E-state index in [4.69, 9.17) is 0 Å². The fraction of sp³-hybridized carbons (Fsp3) is 0.714. The minimum atomic E-state index is -2.63. The Balaban J connectivity index is 2.24. The minimum absolute atomic E-state index is 0.496. The van der Waals surface area contributed by atoms with Gasteiger partial charge in [-0.25, -0.2) is 8.78 Å². The molecule has 0 bridgehead atoms. The van der Waals surface area contributed by atoms with Crippen molar-refractivity contribution in [1.82, 2.24) is 0 Å². The molecule has 1 aromatic carbocycles. The van der Waals surface area contributed by atoms with Crippen molar-refractivity contribution in [2.24, 2.45) is 5.92 Å². The summed E-state index contributed by atoms with van der Waals surface area (Å²) in [5, 5.41) is 28.6. The molecule has 0 aromatic heterocycles. The molecule has 0 spiro atoms. The second-order valence-electron chi connectivity index (χ2n) is 7.28. The Morgan fingerprint density at radius 1 is 0.846 bits per heavy atom. The molecule has 0 aliphatic carbocycles. The van der Waals surface area contributed by atoms with Crippen LogP contribution in [0.25, 0.3) is 0 Å². The van der Waals surface area contributed by atoms with Gasteiger partial charge in [0.1, 0.15) is 11.6 Å². The van der Waals surface area contributed by atoms with Gasteiger partial charge < -0.3 is 15.3 Å². The minimum Gasteiger partial charge on any atom is -0.343 e. The molecule has 0 aliphatic rings. The smallest absolute Gasteiger partial charge is 0.278 e. The lowest BCUT2D eigenvalue weighted by atomic mass is 9.92. The van der Waals surface area contributed by atoms with Crippen LogP contribution in [0.3, 0.4) is 0 Å². The third-order valence-corrected chi connectivity index (χ3v) is 4.97. The lowest BCUT2D eigenvalue weighted by molar-refractivity contribution is -0.344. The van der Waals surface area contributed by atoms with Crippen LogP contribution in [0, 0.1) is 17.6 Å². The lowest BCUT2D eigenvalue weighted by Crippen LogP contribution is -2.37. The van der Waals surface area contributed by atoms with E-state index < -0.39 is 23.5 Å². The molecule has 5 heteroatoms. The zero-order chi connectivity index (χ0) is 19.4. The predicted molar refractivity (Wildman–Crippen MR) is 99.4 cm³/mol. The van der Waals surface area contributed by atoms with Crippen molar-refractivity contribution in [3.63, 3.8) is 0 Å². The molecular formula is C21H34F2O3. The van der Waals surface area contributed by atoms with Crippen molar-refractivity contribution < 1.29 is 24.1 Å². The largest absolute Gasteiger partial charge is 0.343 e. The van der Waals surface area contributed by atoms with Crippen LogP contribution in [0.15, 0.2) is 18.2 Å². The van der Waals surface area contributed by atoms with Crippen molar-refractivity contribution in [2.45, 2.75) is 89.9 Å². The molecule has 150 valence electrons. The van der Waals surface area contributed by atoms with Crippen molar-refractivity contribution >= 4 is 0 Å². The second kappa shape index (κ2) is 12.4. The first-order valence-electron chi connectivity index (χ1n) is 9.95. The number of benzene rings is 1. The number of rotatable bonds is 14. The van der Waals surface area contributed by atoms with Crippen molar-refractivity contribution in [3.05, 3.63) is 35.4 Å². The van der Waals surface area contributed by atoms with Gasteiger partial charge in [-0.3, -0.25) is 0 Å². The normalized spacial score (nSPS) is 13.2. The molecule has 1 rings (SSSR count). The van der Waals surface area contributed by atoms with E-state index in [-0.39, 0.29) is 0 Å². The van der Waals surface area contributed by atoms with Gasteiger partial charge in [0, 0.05) is 12.0 Å². The first-order chi connectivity index (χ1) is 12.3. The maximum absolute atomic E-state index is 13.6. The molecule has 0 aliphatic heterocycles. The summed E-state index contributed by atoms with van der Waals surface area (Å²) in [5.41, 5.74) is 0.496. The topological polar surface area (TPSA) is 60.7 Å². The van der Waals surface area contributed by atoms with Gasteiger partial charge >= 0.3 is 0 Å². The third-order valence-electron chi connectivity index (χ3n) is 4.97. The number of unbranched alkanes of at least 4 members (excludes halogenated alkanes) is 7. The Bertz CT molecular complexity index is 501. The van der Waals surface area contributed by atoms with Crippen LogP contribution in [0.1, 0.15) is 83.1 Å². The second-order valence-corrected chi connectivity index (χ2v) is 7.28. The van der Waals surface area contributed by atoms with E-state index in [0.717, 1.165) is 44.6 Å². The van der Waals surface area contributed by atoms with E-state index in [9.17, 15) is 24.1 Å². The number of aliphatic hydroxyl groups is 3. The summed E-state index contributed by atoms with van der Waals surface area (Å²) in [6.45, 7) is 2.16. The molecule has 0 amide bonds. The SMILES string of the molecule is CCCCCCCCC(CCCCCc1ccc(F)cc1F)C(O)(O)O. The number of hydrogen-bond acceptors (Lipinski definition) is 3. The third kappa shape index (κ3) is 9.60. The van der Waals surface area contributed by atoms with Crippen molar-refractivity contribution in [1.29, 1.82) is 0 Å². The molecule has 0 heterocycles. The van der Waals surface area contributed by atoms with Gasteiger partial charge in [0.25, 0.3) is 5.97 Å². The highest BCUT2D eigenvalue weighted by molar-refractivity contribution is 5.18. The molecule has 0 radical (unpaired) electrons. The zero-order valence-corrected chi connectivity index (χ0v) is 15.9. The first-order valence-corrected chi connectivity index (χ1v) is 9.95. The predicted octanol–water partition coefficient (Wildman–Crippen LogP) is 5.07. The van der Waals surface area contributed by atoms with Crippen LogP contribution in [0.2, 0.25) is 0 Å². The summed E-state index contributed by atoms with van der Waals surface area (Å²) in [6, 6.07) is 3.61. The highest BCUT2D eigenvalue weighted by atomic mass is 19.1. The average molecular weight is 372 g/mol. The summed E-state index contributed by atoms with van der Waals surface area (Å²) in [5.74, 6) is -4.29. The van der Waals surface area contributed by atoms with Crippen LogP contribution < -0.4 is 0 Å². The van der Waals surface area contributed by atoms with E-state index in [1.165, 1.54) is 31.4 Å². The fourth-order valence-electron chi connectivity index (χ4n) is 3.31. The van der Waals surface area contributed by atoms with E-state index >= 15 is 0 Å². The molecule has 0 saturated carbocycles. The molecule has 1 aromatic rings. The Morgan fingerprint density at radius 2 is 1.42 bits per heavy atom. The first kappa shape index (κ1) is 23.0. The van der Waals surface area contributed by atoms with E-state index in [1.54, 1.807) is 0 Å². The number of hydrogen-bond donors (Lipinski definition) is 3. The summed E-state index contributed by atoms with van der Waals surface area (Å²) >= 11 is 0.